The van der Waals surface area contributed by atoms with Crippen molar-refractivity contribution in [1.82, 2.24) is 25.1 Å². The van der Waals surface area contributed by atoms with Crippen LogP contribution in [0.15, 0.2) is 41.3 Å². The summed E-state index contributed by atoms with van der Waals surface area (Å²) in [6, 6.07) is 8.69. The van der Waals surface area contributed by atoms with Gasteiger partial charge in [-0.25, -0.2) is 4.98 Å². The number of methoxy groups -OCH3 is 2. The van der Waals surface area contributed by atoms with Gasteiger partial charge in [0.1, 0.15) is 5.82 Å². The van der Waals surface area contributed by atoms with Crippen LogP contribution >= 0.6 is 0 Å². The molecule has 0 saturated heterocycles. The molecule has 0 spiro atoms. The Morgan fingerprint density at radius 2 is 1.93 bits per heavy atom. The van der Waals surface area contributed by atoms with Gasteiger partial charge in [-0.05, 0) is 19.1 Å². The molecule has 0 aliphatic rings. The van der Waals surface area contributed by atoms with Gasteiger partial charge in [-0.15, -0.1) is 0 Å². The number of hydrogen-bond donors (Lipinski definition) is 2. The van der Waals surface area contributed by atoms with Gasteiger partial charge in [0.2, 0.25) is 0 Å². The molecule has 2 aromatic heterocycles. The molecule has 0 unspecified atom stereocenters. The third-order valence-corrected chi connectivity index (χ3v) is 4.98. The number of para-hydroxylation sites is 1. The van der Waals surface area contributed by atoms with Crippen molar-refractivity contribution >= 4 is 27.7 Å². The predicted molar refractivity (Wildman–Crippen MR) is 112 cm³/mol. The minimum atomic E-state index is -0.310. The summed E-state index contributed by atoms with van der Waals surface area (Å²) in [5.74, 6) is 1.13. The SMILES string of the molecule is CCN(Cc1nc2cc(OC)c(OC)cc2c(=O)[nH]1)C(=O)c1cccc2cn[nH]c12. The maximum Gasteiger partial charge on any atom is 0.258 e. The molecule has 0 bridgehead atoms. The number of H-pyrrole nitrogens is 2. The summed E-state index contributed by atoms with van der Waals surface area (Å²) in [4.78, 5) is 34.7. The molecular formula is C21H21N5O4. The molecule has 0 aliphatic carbocycles. The van der Waals surface area contributed by atoms with Crippen molar-refractivity contribution < 1.29 is 14.3 Å². The van der Waals surface area contributed by atoms with Crippen LogP contribution in [-0.2, 0) is 6.54 Å². The van der Waals surface area contributed by atoms with E-state index in [-0.39, 0.29) is 18.0 Å². The molecule has 0 saturated carbocycles. The minimum absolute atomic E-state index is 0.152. The van der Waals surface area contributed by atoms with E-state index in [2.05, 4.69) is 20.2 Å². The van der Waals surface area contributed by atoms with Crippen LogP contribution in [0.4, 0.5) is 0 Å². The molecule has 30 heavy (non-hydrogen) atoms. The largest absolute Gasteiger partial charge is 0.493 e. The first-order chi connectivity index (χ1) is 14.5. The fourth-order valence-electron chi connectivity index (χ4n) is 3.41. The van der Waals surface area contributed by atoms with Crippen molar-refractivity contribution in [3.05, 3.63) is 58.3 Å². The third-order valence-electron chi connectivity index (χ3n) is 4.98. The van der Waals surface area contributed by atoms with Gasteiger partial charge in [-0.3, -0.25) is 14.7 Å². The fraction of sp³-hybridized carbons (Fsp3) is 0.238. The lowest BCUT2D eigenvalue weighted by atomic mass is 10.1. The number of hydrogen-bond acceptors (Lipinski definition) is 6. The van der Waals surface area contributed by atoms with Crippen LogP contribution in [0.2, 0.25) is 0 Å². The van der Waals surface area contributed by atoms with Crippen molar-refractivity contribution in [3.8, 4) is 11.5 Å². The molecule has 9 heteroatoms. The maximum absolute atomic E-state index is 13.1. The van der Waals surface area contributed by atoms with Crippen molar-refractivity contribution in [3.63, 3.8) is 0 Å². The number of carbonyl (C=O) groups is 1. The number of nitrogens with zero attached hydrogens (tertiary/aromatic N) is 3. The summed E-state index contributed by atoms with van der Waals surface area (Å²) in [6.45, 7) is 2.47. The quantitative estimate of drug-likeness (QED) is 0.508. The molecular weight excluding hydrogens is 386 g/mol. The molecule has 0 aliphatic heterocycles. The summed E-state index contributed by atoms with van der Waals surface area (Å²) in [5, 5.41) is 8.12. The summed E-state index contributed by atoms with van der Waals surface area (Å²) in [6.07, 6.45) is 1.67. The molecule has 4 rings (SSSR count). The second kappa shape index (κ2) is 7.86. The molecule has 9 nitrogen and oxygen atoms in total. The summed E-state index contributed by atoms with van der Waals surface area (Å²) in [5.41, 5.74) is 1.35. The van der Waals surface area contributed by atoms with E-state index in [1.807, 2.05) is 19.1 Å². The summed E-state index contributed by atoms with van der Waals surface area (Å²) >= 11 is 0. The molecule has 1 amide bonds. The number of aromatic nitrogens is 4. The zero-order chi connectivity index (χ0) is 21.3. The van der Waals surface area contributed by atoms with Gasteiger partial charge in [0, 0.05) is 18.0 Å². The topological polar surface area (TPSA) is 113 Å². The number of benzene rings is 2. The first kappa shape index (κ1) is 19.4. The number of rotatable bonds is 6. The maximum atomic E-state index is 13.1. The van der Waals surface area contributed by atoms with Crippen LogP contribution in [0.5, 0.6) is 11.5 Å². The monoisotopic (exact) mass is 407 g/mol. The second-order valence-electron chi connectivity index (χ2n) is 6.70. The summed E-state index contributed by atoms with van der Waals surface area (Å²) < 4.78 is 10.6. The normalized spacial score (nSPS) is 11.0. The van der Waals surface area contributed by atoms with E-state index in [0.29, 0.717) is 45.9 Å². The van der Waals surface area contributed by atoms with Gasteiger partial charge in [0.05, 0.1) is 48.9 Å². The van der Waals surface area contributed by atoms with Crippen LogP contribution in [0.25, 0.3) is 21.8 Å². The van der Waals surface area contributed by atoms with Crippen molar-refractivity contribution in [2.45, 2.75) is 13.5 Å². The van der Waals surface area contributed by atoms with Gasteiger partial charge < -0.3 is 19.4 Å². The molecule has 154 valence electrons. The Kier molecular flexibility index (Phi) is 5.09. The number of aromatic amines is 2. The number of amides is 1. The molecule has 2 aromatic carbocycles. The van der Waals surface area contributed by atoms with Crippen LogP contribution in [0.1, 0.15) is 23.1 Å². The van der Waals surface area contributed by atoms with E-state index in [9.17, 15) is 9.59 Å². The van der Waals surface area contributed by atoms with E-state index in [1.165, 1.54) is 14.2 Å². The molecule has 2 N–H and O–H groups in total. The smallest absolute Gasteiger partial charge is 0.258 e. The molecule has 0 radical (unpaired) electrons. The lowest BCUT2D eigenvalue weighted by Gasteiger charge is -2.21. The second-order valence-corrected chi connectivity index (χ2v) is 6.70. The highest BCUT2D eigenvalue weighted by atomic mass is 16.5. The Morgan fingerprint density at radius 1 is 1.17 bits per heavy atom. The highest BCUT2D eigenvalue weighted by molar-refractivity contribution is 6.05. The fourth-order valence-corrected chi connectivity index (χ4v) is 3.41. The Balaban J connectivity index is 1.70. The van der Waals surface area contributed by atoms with Gasteiger partial charge in [0.15, 0.2) is 11.5 Å². The highest BCUT2D eigenvalue weighted by Gasteiger charge is 2.19. The van der Waals surface area contributed by atoms with Crippen molar-refractivity contribution in [2.75, 3.05) is 20.8 Å². The number of ether oxygens (including phenoxy) is 2. The molecule has 0 fully saturated rings. The molecule has 4 aromatic rings. The Hall–Kier alpha value is -3.88. The Labute approximate surface area is 171 Å². The van der Waals surface area contributed by atoms with Crippen LogP contribution in [-0.4, -0.2) is 51.7 Å². The standard InChI is InChI=1S/C21H21N5O4/c1-4-26(21(28)13-7-5-6-12-10-22-25-19(12)13)11-18-23-15-9-17(30-3)16(29-2)8-14(15)20(27)24-18/h5-10H,4,11H2,1-3H3,(H,22,25)(H,23,24,27). The van der Waals surface area contributed by atoms with Crippen LogP contribution in [0.3, 0.4) is 0 Å². The van der Waals surface area contributed by atoms with Gasteiger partial charge >= 0.3 is 0 Å². The first-order valence-corrected chi connectivity index (χ1v) is 9.42. The lowest BCUT2D eigenvalue weighted by Crippen LogP contribution is -2.32. The highest BCUT2D eigenvalue weighted by Crippen LogP contribution is 2.30. The average Bonchev–Trinajstić information content (AvgIpc) is 3.25. The van der Waals surface area contributed by atoms with Gasteiger partial charge in [-0.2, -0.15) is 5.10 Å². The van der Waals surface area contributed by atoms with Gasteiger partial charge in [0.25, 0.3) is 11.5 Å². The minimum Gasteiger partial charge on any atom is -0.493 e. The van der Waals surface area contributed by atoms with Crippen molar-refractivity contribution in [2.24, 2.45) is 0 Å². The van der Waals surface area contributed by atoms with E-state index >= 15 is 0 Å². The number of nitrogens with one attached hydrogen (secondary N) is 2. The molecule has 0 atom stereocenters. The average molecular weight is 407 g/mol. The third kappa shape index (κ3) is 3.34. The van der Waals surface area contributed by atoms with E-state index in [4.69, 9.17) is 9.47 Å². The Bertz CT molecular complexity index is 1290. The summed E-state index contributed by atoms with van der Waals surface area (Å²) in [7, 11) is 3.02. The zero-order valence-corrected chi connectivity index (χ0v) is 16.9. The van der Waals surface area contributed by atoms with E-state index < -0.39 is 0 Å². The van der Waals surface area contributed by atoms with Crippen LogP contribution < -0.4 is 15.0 Å². The predicted octanol–water partition coefficient (Wildman–Crippen LogP) is 2.48. The van der Waals surface area contributed by atoms with E-state index in [1.54, 1.807) is 29.3 Å². The van der Waals surface area contributed by atoms with Crippen molar-refractivity contribution in [1.29, 1.82) is 0 Å². The number of carbonyl (C=O) groups excluding carboxylic acids is 1. The lowest BCUT2D eigenvalue weighted by molar-refractivity contribution is 0.0750. The van der Waals surface area contributed by atoms with Crippen LogP contribution in [0, 0.1) is 0 Å². The van der Waals surface area contributed by atoms with Gasteiger partial charge in [-0.1, -0.05) is 12.1 Å². The molecule has 2 heterocycles. The van der Waals surface area contributed by atoms with E-state index in [0.717, 1.165) is 5.39 Å². The Morgan fingerprint density at radius 3 is 2.67 bits per heavy atom. The zero-order valence-electron chi connectivity index (χ0n) is 16.9. The first-order valence-electron chi connectivity index (χ1n) is 9.42. The number of fused-ring (bicyclic) bond motifs is 2.